The summed E-state index contributed by atoms with van der Waals surface area (Å²) in [5.74, 6) is 0.823. The molecule has 0 spiro atoms. The predicted octanol–water partition coefficient (Wildman–Crippen LogP) is 3.99. The number of hydrogen-bond donors (Lipinski definition) is 0. The molecule has 0 N–H and O–H groups in total. The minimum Gasteiger partial charge on any atom is -0.377 e. The minimum absolute atomic E-state index is 0.191. The first-order valence-corrected chi connectivity index (χ1v) is 6.80. The highest BCUT2D eigenvalue weighted by molar-refractivity contribution is 6.21. The predicted molar refractivity (Wildman–Crippen MR) is 64.4 cm³/mol. The Morgan fingerprint density at radius 3 is 2.40 bits per heavy atom. The lowest BCUT2D eigenvalue weighted by Gasteiger charge is -2.49. The topological polar surface area (TPSA) is 9.23 Å². The molecule has 2 rings (SSSR count). The van der Waals surface area contributed by atoms with E-state index in [2.05, 4.69) is 13.8 Å². The van der Waals surface area contributed by atoms with Crippen LogP contribution < -0.4 is 0 Å². The molecule has 0 amide bonds. The van der Waals surface area contributed by atoms with Gasteiger partial charge in [0.2, 0.25) is 0 Å². The molecule has 2 heteroatoms. The van der Waals surface area contributed by atoms with Gasteiger partial charge in [-0.2, -0.15) is 0 Å². The summed E-state index contributed by atoms with van der Waals surface area (Å²) >= 11 is 6.18. The standard InChI is InChI=1S/C13H23ClO/c1-13(2)11(14)8-12(13)15-9-10-6-4-3-5-7-10/h10-12H,3-9H2,1-2H3. The van der Waals surface area contributed by atoms with Crippen molar-refractivity contribution in [3.05, 3.63) is 0 Å². The normalized spacial score (nSPS) is 36.2. The van der Waals surface area contributed by atoms with Crippen LogP contribution in [-0.2, 0) is 4.74 Å². The Hall–Kier alpha value is 0.250. The van der Waals surface area contributed by atoms with Crippen molar-refractivity contribution in [3.8, 4) is 0 Å². The average Bonchev–Trinajstić information content (AvgIpc) is 2.25. The maximum atomic E-state index is 6.18. The molecule has 0 aromatic carbocycles. The molecule has 0 aromatic rings. The van der Waals surface area contributed by atoms with E-state index in [9.17, 15) is 0 Å². The first-order valence-electron chi connectivity index (χ1n) is 6.36. The van der Waals surface area contributed by atoms with Gasteiger partial charge in [-0.05, 0) is 25.2 Å². The Morgan fingerprint density at radius 2 is 1.87 bits per heavy atom. The quantitative estimate of drug-likeness (QED) is 0.667. The molecule has 2 saturated carbocycles. The zero-order valence-corrected chi connectivity index (χ0v) is 10.7. The van der Waals surface area contributed by atoms with Gasteiger partial charge in [0.1, 0.15) is 0 Å². The van der Waals surface area contributed by atoms with Gasteiger partial charge in [0.25, 0.3) is 0 Å². The first kappa shape index (κ1) is 11.7. The molecule has 2 atom stereocenters. The molecule has 0 aromatic heterocycles. The third-order valence-electron chi connectivity index (χ3n) is 4.32. The van der Waals surface area contributed by atoms with Gasteiger partial charge in [0, 0.05) is 17.4 Å². The number of rotatable bonds is 3. The van der Waals surface area contributed by atoms with E-state index in [-0.39, 0.29) is 5.41 Å². The molecule has 2 unspecified atom stereocenters. The molecular weight excluding hydrogens is 208 g/mol. The highest BCUT2D eigenvalue weighted by Crippen LogP contribution is 2.46. The van der Waals surface area contributed by atoms with Crippen LogP contribution in [0.25, 0.3) is 0 Å². The molecular formula is C13H23ClO. The summed E-state index contributed by atoms with van der Waals surface area (Å²) in [6.45, 7) is 5.41. The van der Waals surface area contributed by atoms with Crippen LogP contribution in [0.1, 0.15) is 52.4 Å². The highest BCUT2D eigenvalue weighted by Gasteiger charge is 2.48. The SMILES string of the molecule is CC1(C)C(Cl)CC1OCC1CCCCC1. The Labute approximate surface area is 98.5 Å². The second kappa shape index (κ2) is 4.63. The van der Waals surface area contributed by atoms with Crippen LogP contribution in [0.2, 0.25) is 0 Å². The van der Waals surface area contributed by atoms with E-state index < -0.39 is 0 Å². The Kier molecular flexibility index (Phi) is 3.62. The van der Waals surface area contributed by atoms with Crippen LogP contribution in [0, 0.1) is 11.3 Å². The molecule has 0 heterocycles. The molecule has 2 aliphatic carbocycles. The van der Waals surface area contributed by atoms with Gasteiger partial charge >= 0.3 is 0 Å². The largest absolute Gasteiger partial charge is 0.377 e. The van der Waals surface area contributed by atoms with Crippen molar-refractivity contribution in [1.29, 1.82) is 0 Å². The Bertz CT molecular complexity index is 209. The zero-order valence-electron chi connectivity index (χ0n) is 9.97. The number of hydrogen-bond acceptors (Lipinski definition) is 1. The number of halogens is 1. The van der Waals surface area contributed by atoms with Gasteiger partial charge in [-0.3, -0.25) is 0 Å². The minimum atomic E-state index is 0.191. The second-order valence-electron chi connectivity index (χ2n) is 5.85. The van der Waals surface area contributed by atoms with Crippen LogP contribution in [0.5, 0.6) is 0 Å². The summed E-state index contributed by atoms with van der Waals surface area (Å²) in [5.41, 5.74) is 0.191. The van der Waals surface area contributed by atoms with E-state index in [1.54, 1.807) is 0 Å². The molecule has 2 aliphatic rings. The van der Waals surface area contributed by atoms with Crippen LogP contribution in [0.15, 0.2) is 0 Å². The lowest BCUT2D eigenvalue weighted by atomic mass is 9.68. The van der Waals surface area contributed by atoms with Crippen LogP contribution in [0.3, 0.4) is 0 Å². The number of alkyl halides is 1. The molecule has 0 saturated heterocycles. The van der Waals surface area contributed by atoms with Gasteiger partial charge in [-0.15, -0.1) is 11.6 Å². The maximum Gasteiger partial charge on any atom is 0.0654 e. The number of ether oxygens (including phenoxy) is 1. The van der Waals surface area contributed by atoms with Crippen molar-refractivity contribution in [2.24, 2.45) is 11.3 Å². The average molecular weight is 231 g/mol. The van der Waals surface area contributed by atoms with Gasteiger partial charge in [0.05, 0.1) is 6.10 Å². The fraction of sp³-hybridized carbons (Fsp3) is 1.00. The van der Waals surface area contributed by atoms with Crippen molar-refractivity contribution < 1.29 is 4.74 Å². The van der Waals surface area contributed by atoms with E-state index in [0.29, 0.717) is 11.5 Å². The van der Waals surface area contributed by atoms with Crippen LogP contribution in [-0.4, -0.2) is 18.1 Å². The van der Waals surface area contributed by atoms with Crippen molar-refractivity contribution in [1.82, 2.24) is 0 Å². The summed E-state index contributed by atoms with van der Waals surface area (Å²) in [4.78, 5) is 0. The molecule has 88 valence electrons. The van der Waals surface area contributed by atoms with Crippen molar-refractivity contribution in [3.63, 3.8) is 0 Å². The van der Waals surface area contributed by atoms with E-state index >= 15 is 0 Å². The summed E-state index contributed by atoms with van der Waals surface area (Å²) in [7, 11) is 0. The summed E-state index contributed by atoms with van der Waals surface area (Å²) in [6, 6.07) is 0. The zero-order chi connectivity index (χ0) is 10.9. The summed E-state index contributed by atoms with van der Waals surface area (Å²) in [6.07, 6.45) is 8.42. The van der Waals surface area contributed by atoms with E-state index in [4.69, 9.17) is 16.3 Å². The van der Waals surface area contributed by atoms with Crippen molar-refractivity contribution in [2.45, 2.75) is 63.9 Å². The summed E-state index contributed by atoms with van der Waals surface area (Å²) < 4.78 is 6.02. The Morgan fingerprint density at radius 1 is 1.20 bits per heavy atom. The van der Waals surface area contributed by atoms with Crippen molar-refractivity contribution in [2.75, 3.05) is 6.61 Å². The maximum absolute atomic E-state index is 6.18. The molecule has 2 fully saturated rings. The van der Waals surface area contributed by atoms with E-state index in [1.807, 2.05) is 0 Å². The molecule has 0 bridgehead atoms. The van der Waals surface area contributed by atoms with Crippen LogP contribution >= 0.6 is 11.6 Å². The lowest BCUT2D eigenvalue weighted by Crippen LogP contribution is -2.52. The smallest absolute Gasteiger partial charge is 0.0654 e. The fourth-order valence-corrected chi connectivity index (χ4v) is 3.03. The highest BCUT2D eigenvalue weighted by atomic mass is 35.5. The third kappa shape index (κ3) is 2.50. The third-order valence-corrected chi connectivity index (χ3v) is 5.06. The molecule has 15 heavy (non-hydrogen) atoms. The summed E-state index contributed by atoms with van der Waals surface area (Å²) in [5, 5.41) is 0.314. The molecule has 1 nitrogen and oxygen atoms in total. The van der Waals surface area contributed by atoms with Crippen LogP contribution in [0.4, 0.5) is 0 Å². The molecule has 0 radical (unpaired) electrons. The van der Waals surface area contributed by atoms with Crippen molar-refractivity contribution >= 4 is 11.6 Å². The van der Waals surface area contributed by atoms with Gasteiger partial charge in [-0.25, -0.2) is 0 Å². The first-order chi connectivity index (χ1) is 7.10. The van der Waals surface area contributed by atoms with Gasteiger partial charge < -0.3 is 4.74 Å². The second-order valence-corrected chi connectivity index (χ2v) is 6.38. The van der Waals surface area contributed by atoms with E-state index in [1.165, 1.54) is 32.1 Å². The van der Waals surface area contributed by atoms with E-state index in [0.717, 1.165) is 18.9 Å². The fourth-order valence-electron chi connectivity index (χ4n) is 2.73. The Balaban J connectivity index is 1.70. The van der Waals surface area contributed by atoms with Gasteiger partial charge in [-0.1, -0.05) is 33.1 Å². The monoisotopic (exact) mass is 230 g/mol. The lowest BCUT2D eigenvalue weighted by molar-refractivity contribution is -0.101. The van der Waals surface area contributed by atoms with Gasteiger partial charge in [0.15, 0.2) is 0 Å². The molecule has 0 aliphatic heterocycles.